The Kier molecular flexibility index (Phi) is 3.85. The maximum Gasteiger partial charge on any atom is 0.230 e. The number of aromatic amines is 1. The third kappa shape index (κ3) is 2.71. The van der Waals surface area contributed by atoms with Crippen LogP contribution in [-0.4, -0.2) is 17.4 Å². The van der Waals surface area contributed by atoms with Crippen LogP contribution in [0, 0.1) is 0 Å². The van der Waals surface area contributed by atoms with Crippen molar-refractivity contribution >= 4 is 16.8 Å². The summed E-state index contributed by atoms with van der Waals surface area (Å²) in [7, 11) is 0. The third-order valence-corrected chi connectivity index (χ3v) is 5.06. The number of carbonyl (C=O) groups excluding carboxylic acids is 1. The second-order valence-corrected chi connectivity index (χ2v) is 6.68. The maximum absolute atomic E-state index is 12.8. The zero-order valence-corrected chi connectivity index (χ0v) is 13.7. The van der Waals surface area contributed by atoms with Gasteiger partial charge in [-0.3, -0.25) is 4.79 Å². The van der Waals surface area contributed by atoms with Gasteiger partial charge in [0.2, 0.25) is 5.91 Å². The molecule has 0 bridgehead atoms. The van der Waals surface area contributed by atoms with Gasteiger partial charge in [-0.15, -0.1) is 0 Å². The molecule has 0 radical (unpaired) electrons. The zero-order valence-electron chi connectivity index (χ0n) is 13.7. The molecular formula is C21H22N2O. The molecule has 2 aromatic carbocycles. The van der Waals surface area contributed by atoms with Crippen LogP contribution in [0.1, 0.15) is 30.4 Å². The molecule has 1 fully saturated rings. The van der Waals surface area contributed by atoms with Crippen LogP contribution in [0.5, 0.6) is 0 Å². The minimum absolute atomic E-state index is 0.181. The number of aromatic nitrogens is 1. The molecule has 0 unspecified atom stereocenters. The van der Waals surface area contributed by atoms with Crippen LogP contribution in [0.3, 0.4) is 0 Å². The number of benzene rings is 2. The van der Waals surface area contributed by atoms with Gasteiger partial charge in [-0.25, -0.2) is 0 Å². The predicted molar refractivity (Wildman–Crippen MR) is 97.0 cm³/mol. The summed E-state index contributed by atoms with van der Waals surface area (Å²) in [6, 6.07) is 18.6. The Morgan fingerprint density at radius 1 is 1.04 bits per heavy atom. The average Bonchev–Trinajstić information content (AvgIpc) is 3.32. The molecule has 2 N–H and O–H groups in total. The zero-order chi connectivity index (χ0) is 16.4. The lowest BCUT2D eigenvalue weighted by molar-refractivity contribution is -0.123. The van der Waals surface area contributed by atoms with Crippen molar-refractivity contribution in [2.75, 3.05) is 6.54 Å². The summed E-state index contributed by atoms with van der Waals surface area (Å²) >= 11 is 0. The van der Waals surface area contributed by atoms with Crippen LogP contribution in [0.25, 0.3) is 10.9 Å². The van der Waals surface area contributed by atoms with Crippen molar-refractivity contribution in [3.05, 3.63) is 71.9 Å². The summed E-state index contributed by atoms with van der Waals surface area (Å²) in [6.07, 6.45) is 5.88. The van der Waals surface area contributed by atoms with Crippen LogP contribution in [0.4, 0.5) is 0 Å². The summed E-state index contributed by atoms with van der Waals surface area (Å²) in [6.45, 7) is 0.734. The van der Waals surface area contributed by atoms with E-state index in [1.165, 1.54) is 10.9 Å². The van der Waals surface area contributed by atoms with E-state index in [0.29, 0.717) is 0 Å². The number of rotatable bonds is 6. The van der Waals surface area contributed by atoms with Crippen LogP contribution >= 0.6 is 0 Å². The molecule has 1 amide bonds. The molecule has 3 heteroatoms. The number of fused-ring (bicyclic) bond motifs is 1. The van der Waals surface area contributed by atoms with E-state index in [1.807, 2.05) is 24.4 Å². The van der Waals surface area contributed by atoms with Gasteiger partial charge < -0.3 is 10.3 Å². The number of hydrogen-bond acceptors (Lipinski definition) is 1. The first-order valence-electron chi connectivity index (χ1n) is 8.68. The summed E-state index contributed by atoms with van der Waals surface area (Å²) in [5.74, 6) is 0.181. The molecule has 0 saturated heterocycles. The molecule has 3 aromatic rings. The van der Waals surface area contributed by atoms with Crippen molar-refractivity contribution < 1.29 is 4.79 Å². The minimum Gasteiger partial charge on any atom is -0.361 e. The molecule has 1 heterocycles. The predicted octanol–water partition coefficient (Wildman–Crippen LogP) is 3.95. The Morgan fingerprint density at radius 2 is 1.79 bits per heavy atom. The summed E-state index contributed by atoms with van der Waals surface area (Å²) in [5.41, 5.74) is 3.27. The molecular weight excluding hydrogens is 296 g/mol. The lowest BCUT2D eigenvalue weighted by Crippen LogP contribution is -2.35. The van der Waals surface area contributed by atoms with Crippen molar-refractivity contribution in [1.29, 1.82) is 0 Å². The molecule has 0 aliphatic heterocycles. The van der Waals surface area contributed by atoms with Gasteiger partial charge in [0.05, 0.1) is 5.41 Å². The third-order valence-electron chi connectivity index (χ3n) is 5.06. The fourth-order valence-electron chi connectivity index (χ4n) is 3.52. The van der Waals surface area contributed by atoms with Gasteiger partial charge in [-0.05, 0) is 42.9 Å². The second kappa shape index (κ2) is 6.16. The van der Waals surface area contributed by atoms with Crippen LogP contribution in [0.2, 0.25) is 0 Å². The Labute approximate surface area is 142 Å². The van der Waals surface area contributed by atoms with E-state index in [9.17, 15) is 4.79 Å². The highest BCUT2D eigenvalue weighted by Gasteiger charge is 2.52. The number of aryl methyl sites for hydroxylation is 1. The molecule has 0 spiro atoms. The van der Waals surface area contributed by atoms with Crippen molar-refractivity contribution in [1.82, 2.24) is 10.3 Å². The molecule has 24 heavy (non-hydrogen) atoms. The fourth-order valence-corrected chi connectivity index (χ4v) is 3.52. The monoisotopic (exact) mass is 318 g/mol. The van der Waals surface area contributed by atoms with Gasteiger partial charge in [0.25, 0.3) is 0 Å². The lowest BCUT2D eigenvalue weighted by Gasteiger charge is -2.15. The van der Waals surface area contributed by atoms with Gasteiger partial charge in [0.1, 0.15) is 0 Å². The Hall–Kier alpha value is -2.55. The van der Waals surface area contributed by atoms with Gasteiger partial charge in [0, 0.05) is 23.6 Å². The molecule has 3 nitrogen and oxygen atoms in total. The smallest absolute Gasteiger partial charge is 0.230 e. The summed E-state index contributed by atoms with van der Waals surface area (Å²) in [5, 5.41) is 4.33. The topological polar surface area (TPSA) is 44.9 Å². The Bertz CT molecular complexity index is 846. The maximum atomic E-state index is 12.8. The minimum atomic E-state index is -0.313. The van der Waals surface area contributed by atoms with E-state index in [4.69, 9.17) is 0 Å². The highest BCUT2D eigenvalue weighted by molar-refractivity contribution is 5.97. The first-order chi connectivity index (χ1) is 11.8. The van der Waals surface area contributed by atoms with E-state index >= 15 is 0 Å². The van der Waals surface area contributed by atoms with Crippen molar-refractivity contribution in [2.24, 2.45) is 0 Å². The standard InChI is InChI=1S/C21H22N2O/c24-20(22-14-6-9-16-7-2-1-3-8-16)21(12-13-21)18-15-23-19-11-5-4-10-17(18)19/h1-5,7-8,10-11,15,23H,6,9,12-14H2,(H,22,24). The Morgan fingerprint density at radius 3 is 2.58 bits per heavy atom. The van der Waals surface area contributed by atoms with Gasteiger partial charge in [-0.1, -0.05) is 48.5 Å². The van der Waals surface area contributed by atoms with Gasteiger partial charge in [-0.2, -0.15) is 0 Å². The number of amides is 1. The second-order valence-electron chi connectivity index (χ2n) is 6.68. The van der Waals surface area contributed by atoms with E-state index in [1.54, 1.807) is 0 Å². The molecule has 1 aliphatic carbocycles. The number of H-pyrrole nitrogens is 1. The van der Waals surface area contributed by atoms with Gasteiger partial charge in [0.15, 0.2) is 0 Å². The molecule has 4 rings (SSSR count). The van der Waals surface area contributed by atoms with Crippen LogP contribution < -0.4 is 5.32 Å². The number of carbonyl (C=O) groups is 1. The molecule has 1 saturated carbocycles. The van der Waals surface area contributed by atoms with Crippen LogP contribution in [0.15, 0.2) is 60.8 Å². The van der Waals surface area contributed by atoms with E-state index < -0.39 is 0 Å². The van der Waals surface area contributed by atoms with Crippen molar-refractivity contribution in [2.45, 2.75) is 31.1 Å². The van der Waals surface area contributed by atoms with Crippen molar-refractivity contribution in [3.63, 3.8) is 0 Å². The quantitative estimate of drug-likeness (QED) is 0.664. The normalized spacial score (nSPS) is 15.3. The van der Waals surface area contributed by atoms with E-state index in [-0.39, 0.29) is 11.3 Å². The Balaban J connectivity index is 1.39. The molecule has 122 valence electrons. The SMILES string of the molecule is O=C(NCCCc1ccccc1)C1(c2c[nH]c3ccccc23)CC1. The first kappa shape index (κ1) is 15.0. The molecule has 1 aromatic heterocycles. The number of para-hydroxylation sites is 1. The number of hydrogen-bond donors (Lipinski definition) is 2. The molecule has 0 atom stereocenters. The number of nitrogens with one attached hydrogen (secondary N) is 2. The van der Waals surface area contributed by atoms with Crippen LogP contribution in [-0.2, 0) is 16.6 Å². The largest absolute Gasteiger partial charge is 0.361 e. The van der Waals surface area contributed by atoms with Crippen molar-refractivity contribution in [3.8, 4) is 0 Å². The highest BCUT2D eigenvalue weighted by atomic mass is 16.2. The lowest BCUT2D eigenvalue weighted by atomic mass is 9.94. The summed E-state index contributed by atoms with van der Waals surface area (Å²) < 4.78 is 0. The fraction of sp³-hybridized carbons (Fsp3) is 0.286. The first-order valence-corrected chi connectivity index (χ1v) is 8.68. The average molecular weight is 318 g/mol. The van der Waals surface area contributed by atoms with Gasteiger partial charge >= 0.3 is 0 Å². The van der Waals surface area contributed by atoms with E-state index in [2.05, 4.69) is 46.7 Å². The molecule has 1 aliphatic rings. The van der Waals surface area contributed by atoms with E-state index in [0.717, 1.165) is 43.3 Å². The summed E-state index contributed by atoms with van der Waals surface area (Å²) in [4.78, 5) is 16.1. The highest BCUT2D eigenvalue weighted by Crippen LogP contribution is 2.50.